The van der Waals surface area contributed by atoms with Crippen molar-refractivity contribution in [2.45, 2.75) is 38.1 Å². The second-order valence-corrected chi connectivity index (χ2v) is 8.31. The number of rotatable bonds is 6. The molecule has 2 heterocycles. The fourth-order valence-electron chi connectivity index (χ4n) is 3.53. The molecule has 1 N–H and O–H groups in total. The van der Waals surface area contributed by atoms with Crippen LogP contribution in [0.4, 0.5) is 4.79 Å². The molecule has 6 nitrogen and oxygen atoms in total. The molecule has 3 rings (SSSR count). The van der Waals surface area contributed by atoms with Crippen molar-refractivity contribution in [2.24, 2.45) is 0 Å². The van der Waals surface area contributed by atoms with Gasteiger partial charge in [0.15, 0.2) is 0 Å². The number of hydrogen-bond donors (Lipinski definition) is 1. The van der Waals surface area contributed by atoms with Gasteiger partial charge in [0.25, 0.3) is 11.1 Å². The van der Waals surface area contributed by atoms with Crippen molar-refractivity contribution in [3.05, 3.63) is 39.8 Å². The van der Waals surface area contributed by atoms with Crippen LogP contribution >= 0.6 is 23.4 Å². The Morgan fingerprint density at radius 1 is 1.25 bits per heavy atom. The summed E-state index contributed by atoms with van der Waals surface area (Å²) in [6, 6.07) is 7.04. The minimum absolute atomic E-state index is 0.0472. The van der Waals surface area contributed by atoms with Crippen LogP contribution in [-0.2, 0) is 9.59 Å². The summed E-state index contributed by atoms with van der Waals surface area (Å²) >= 11 is 6.75. The number of halogens is 1. The first-order valence-electron chi connectivity index (χ1n) is 9.41. The van der Waals surface area contributed by atoms with Crippen LogP contribution in [0.3, 0.4) is 0 Å². The SMILES string of the molecule is O=C1S/C(=C\c2ccc(Cl)cc2)C(=O)N1CCC(=O)N1CCCCC1CCO. The van der Waals surface area contributed by atoms with Crippen LogP contribution in [-0.4, -0.2) is 57.7 Å². The Hall–Kier alpha value is -1.83. The first kappa shape index (κ1) is 20.9. The van der Waals surface area contributed by atoms with Gasteiger partial charge in [-0.15, -0.1) is 0 Å². The number of carbonyl (C=O) groups excluding carboxylic acids is 3. The van der Waals surface area contributed by atoms with Crippen LogP contribution in [0.1, 0.15) is 37.7 Å². The van der Waals surface area contributed by atoms with Crippen LogP contribution in [0.25, 0.3) is 6.08 Å². The summed E-state index contributed by atoms with van der Waals surface area (Å²) in [7, 11) is 0. The number of amides is 3. The van der Waals surface area contributed by atoms with E-state index in [0.29, 0.717) is 22.9 Å². The third-order valence-electron chi connectivity index (χ3n) is 5.00. The number of benzene rings is 1. The molecule has 0 radical (unpaired) electrons. The van der Waals surface area contributed by atoms with Crippen LogP contribution in [0.2, 0.25) is 5.02 Å². The Labute approximate surface area is 173 Å². The Balaban J connectivity index is 1.61. The summed E-state index contributed by atoms with van der Waals surface area (Å²) in [5.74, 6) is -0.442. The molecule has 1 aromatic rings. The zero-order valence-electron chi connectivity index (χ0n) is 15.5. The van der Waals surface area contributed by atoms with E-state index in [1.807, 2.05) is 0 Å². The number of imide groups is 1. The highest BCUT2D eigenvalue weighted by molar-refractivity contribution is 8.18. The summed E-state index contributed by atoms with van der Waals surface area (Å²) in [6.45, 7) is 0.790. The van der Waals surface area contributed by atoms with E-state index in [-0.39, 0.29) is 42.7 Å². The molecule has 0 saturated carbocycles. The van der Waals surface area contributed by atoms with Crippen molar-refractivity contribution in [2.75, 3.05) is 19.7 Å². The highest BCUT2D eigenvalue weighted by Crippen LogP contribution is 2.32. The van der Waals surface area contributed by atoms with Gasteiger partial charge in [-0.2, -0.15) is 0 Å². The maximum atomic E-state index is 12.6. The zero-order valence-corrected chi connectivity index (χ0v) is 17.0. The normalized spacial score (nSPS) is 21.6. The molecule has 2 aliphatic rings. The van der Waals surface area contributed by atoms with Gasteiger partial charge in [-0.05, 0) is 61.2 Å². The van der Waals surface area contributed by atoms with Crippen molar-refractivity contribution in [1.29, 1.82) is 0 Å². The second kappa shape index (κ2) is 9.58. The van der Waals surface area contributed by atoms with Gasteiger partial charge in [0.05, 0.1) is 4.91 Å². The lowest BCUT2D eigenvalue weighted by atomic mass is 9.99. The molecule has 0 spiro atoms. The molecule has 150 valence electrons. The van der Waals surface area contributed by atoms with E-state index in [0.717, 1.165) is 41.5 Å². The minimum atomic E-state index is -0.372. The molecular weight excluding hydrogens is 400 g/mol. The number of likely N-dealkylation sites (tertiary alicyclic amines) is 1. The van der Waals surface area contributed by atoms with E-state index in [2.05, 4.69) is 0 Å². The van der Waals surface area contributed by atoms with Crippen molar-refractivity contribution >= 4 is 46.5 Å². The molecule has 1 atom stereocenters. The molecule has 28 heavy (non-hydrogen) atoms. The lowest BCUT2D eigenvalue weighted by Crippen LogP contribution is -2.45. The molecule has 0 aromatic heterocycles. The molecule has 0 bridgehead atoms. The van der Waals surface area contributed by atoms with E-state index >= 15 is 0 Å². The van der Waals surface area contributed by atoms with Crippen molar-refractivity contribution in [3.8, 4) is 0 Å². The van der Waals surface area contributed by atoms with E-state index in [9.17, 15) is 19.5 Å². The minimum Gasteiger partial charge on any atom is -0.396 e. The molecular formula is C20H23ClN2O4S. The van der Waals surface area contributed by atoms with Gasteiger partial charge < -0.3 is 10.0 Å². The Bertz CT molecular complexity index is 779. The number of thioether (sulfide) groups is 1. The van der Waals surface area contributed by atoms with Gasteiger partial charge >= 0.3 is 0 Å². The highest BCUT2D eigenvalue weighted by atomic mass is 35.5. The van der Waals surface area contributed by atoms with Crippen LogP contribution in [0, 0.1) is 0 Å². The smallest absolute Gasteiger partial charge is 0.293 e. The number of hydrogen-bond acceptors (Lipinski definition) is 5. The predicted molar refractivity (Wildman–Crippen MR) is 110 cm³/mol. The lowest BCUT2D eigenvalue weighted by Gasteiger charge is -2.36. The topological polar surface area (TPSA) is 77.9 Å². The molecule has 2 aliphatic heterocycles. The van der Waals surface area contributed by atoms with Gasteiger partial charge in [-0.1, -0.05) is 23.7 Å². The fourth-order valence-corrected chi connectivity index (χ4v) is 4.52. The summed E-state index contributed by atoms with van der Waals surface area (Å²) in [6.07, 6.45) is 5.21. The number of carbonyl (C=O) groups is 3. The zero-order chi connectivity index (χ0) is 20.1. The summed E-state index contributed by atoms with van der Waals surface area (Å²) in [4.78, 5) is 40.7. The largest absolute Gasteiger partial charge is 0.396 e. The second-order valence-electron chi connectivity index (χ2n) is 6.88. The number of nitrogens with zero attached hydrogens (tertiary/aromatic N) is 2. The molecule has 2 saturated heterocycles. The average molecular weight is 423 g/mol. The van der Waals surface area contributed by atoms with Crippen LogP contribution < -0.4 is 0 Å². The Morgan fingerprint density at radius 2 is 2.00 bits per heavy atom. The molecule has 0 aliphatic carbocycles. The van der Waals surface area contributed by atoms with Gasteiger partial charge in [0.1, 0.15) is 0 Å². The van der Waals surface area contributed by atoms with E-state index in [4.69, 9.17) is 11.6 Å². The molecule has 2 fully saturated rings. The van der Waals surface area contributed by atoms with E-state index in [1.165, 1.54) is 0 Å². The highest BCUT2D eigenvalue weighted by Gasteiger charge is 2.36. The fraction of sp³-hybridized carbons (Fsp3) is 0.450. The summed E-state index contributed by atoms with van der Waals surface area (Å²) in [5.41, 5.74) is 0.783. The molecule has 3 amide bonds. The molecule has 1 aromatic carbocycles. The number of aliphatic hydroxyl groups is 1. The first-order valence-corrected chi connectivity index (χ1v) is 10.6. The standard InChI is InChI=1S/C20H23ClN2O4S/c21-15-6-4-14(5-7-15)13-17-19(26)23(20(27)28-17)11-8-18(25)22-10-2-1-3-16(22)9-12-24/h4-7,13,16,24H,1-3,8-12H2/b17-13-. The van der Waals surface area contributed by atoms with Gasteiger partial charge in [-0.3, -0.25) is 19.3 Å². The third kappa shape index (κ3) is 4.96. The average Bonchev–Trinajstić information content (AvgIpc) is 2.95. The molecule has 1 unspecified atom stereocenters. The summed E-state index contributed by atoms with van der Waals surface area (Å²) < 4.78 is 0. The monoisotopic (exact) mass is 422 g/mol. The van der Waals surface area contributed by atoms with Gasteiger partial charge in [-0.25, -0.2) is 0 Å². The third-order valence-corrected chi connectivity index (χ3v) is 6.16. The summed E-state index contributed by atoms with van der Waals surface area (Å²) in [5, 5.41) is 9.44. The van der Waals surface area contributed by atoms with Gasteiger partial charge in [0, 0.05) is 37.2 Å². The lowest BCUT2D eigenvalue weighted by molar-refractivity contribution is -0.135. The number of piperidine rings is 1. The number of aliphatic hydroxyl groups excluding tert-OH is 1. The van der Waals surface area contributed by atoms with Crippen LogP contribution in [0.5, 0.6) is 0 Å². The Morgan fingerprint density at radius 3 is 2.71 bits per heavy atom. The van der Waals surface area contributed by atoms with E-state index in [1.54, 1.807) is 35.2 Å². The van der Waals surface area contributed by atoms with Crippen molar-refractivity contribution < 1.29 is 19.5 Å². The maximum Gasteiger partial charge on any atom is 0.293 e. The maximum absolute atomic E-state index is 12.6. The van der Waals surface area contributed by atoms with Gasteiger partial charge in [0.2, 0.25) is 5.91 Å². The van der Waals surface area contributed by atoms with E-state index < -0.39 is 0 Å². The van der Waals surface area contributed by atoms with Crippen LogP contribution in [0.15, 0.2) is 29.2 Å². The predicted octanol–water partition coefficient (Wildman–Crippen LogP) is 3.53. The first-order chi connectivity index (χ1) is 13.5. The van der Waals surface area contributed by atoms with Crippen molar-refractivity contribution in [1.82, 2.24) is 9.80 Å². The molecule has 8 heteroatoms. The van der Waals surface area contributed by atoms with Crippen molar-refractivity contribution in [3.63, 3.8) is 0 Å². The quantitative estimate of drug-likeness (QED) is 0.709. The Kier molecular flexibility index (Phi) is 7.15.